The van der Waals surface area contributed by atoms with E-state index in [2.05, 4.69) is 50.8 Å². The van der Waals surface area contributed by atoms with Gasteiger partial charge in [0, 0.05) is 28.8 Å². The van der Waals surface area contributed by atoms with E-state index < -0.39 is 0 Å². The molecule has 0 radical (unpaired) electrons. The number of benzene rings is 2. The lowest BCUT2D eigenvalue weighted by molar-refractivity contribution is -0.0158. The van der Waals surface area contributed by atoms with Crippen molar-refractivity contribution in [3.63, 3.8) is 0 Å². The van der Waals surface area contributed by atoms with Crippen LogP contribution in [0.4, 0.5) is 5.69 Å². The molecule has 2 aromatic carbocycles. The number of oxime groups is 1. The minimum atomic E-state index is 0.219. The first kappa shape index (κ1) is 20.6. The molecule has 2 heterocycles. The highest BCUT2D eigenvalue weighted by Crippen LogP contribution is 2.60. The fraction of sp³-hybridized carbons (Fsp3) is 0.607. The van der Waals surface area contributed by atoms with E-state index in [1.165, 1.54) is 72.7 Å². The van der Waals surface area contributed by atoms with Crippen molar-refractivity contribution >= 4 is 34.1 Å². The molecule has 0 amide bonds. The third-order valence-corrected chi connectivity index (χ3v) is 10.7. The molecule has 2 aromatic rings. The van der Waals surface area contributed by atoms with Gasteiger partial charge in [0.15, 0.2) is 0 Å². The molecule has 0 atom stereocenters. The van der Waals surface area contributed by atoms with Crippen LogP contribution in [0.2, 0.25) is 0 Å². The van der Waals surface area contributed by atoms with Crippen LogP contribution in [0, 0.1) is 29.1 Å². The number of anilines is 1. The molecule has 8 rings (SSSR count). The second-order valence-corrected chi connectivity index (χ2v) is 12.8. The highest BCUT2D eigenvalue weighted by molar-refractivity contribution is 8.01. The Morgan fingerprint density at radius 2 is 1.64 bits per heavy atom. The zero-order valence-electron chi connectivity index (χ0n) is 19.5. The second-order valence-electron chi connectivity index (χ2n) is 11.7. The van der Waals surface area contributed by atoms with Gasteiger partial charge < -0.3 is 9.51 Å². The van der Waals surface area contributed by atoms with Crippen molar-refractivity contribution < 1.29 is 5.21 Å². The van der Waals surface area contributed by atoms with Gasteiger partial charge in [0.2, 0.25) is 0 Å². The van der Waals surface area contributed by atoms with Crippen molar-refractivity contribution in [3.05, 3.63) is 36.4 Å². The zero-order valence-corrected chi connectivity index (χ0v) is 20.3. The number of piperidine rings is 1. The molecule has 0 spiro atoms. The quantitative estimate of drug-likeness (QED) is 0.241. The molecule has 4 saturated carbocycles. The van der Waals surface area contributed by atoms with Gasteiger partial charge in [-0.1, -0.05) is 29.4 Å². The highest BCUT2D eigenvalue weighted by atomic mass is 32.2. The molecule has 0 aromatic heterocycles. The van der Waals surface area contributed by atoms with Crippen LogP contribution in [-0.2, 0) is 0 Å². The fourth-order valence-electron chi connectivity index (χ4n) is 8.42. The van der Waals surface area contributed by atoms with Crippen LogP contribution in [0.25, 0.3) is 10.8 Å². The van der Waals surface area contributed by atoms with Crippen LogP contribution in [-0.4, -0.2) is 42.0 Å². The lowest BCUT2D eigenvalue weighted by atomic mass is 9.48. The van der Waals surface area contributed by atoms with Gasteiger partial charge in [-0.05, 0) is 118 Å². The predicted octanol–water partition coefficient (Wildman–Crippen LogP) is 6.43. The average Bonchev–Trinajstić information content (AvgIpc) is 3.17. The molecule has 5 fully saturated rings. The van der Waals surface area contributed by atoms with Gasteiger partial charge in [0.05, 0.1) is 11.4 Å². The van der Waals surface area contributed by atoms with E-state index in [-0.39, 0.29) is 5.41 Å². The third-order valence-electron chi connectivity index (χ3n) is 9.60. The van der Waals surface area contributed by atoms with Gasteiger partial charge >= 0.3 is 0 Å². The van der Waals surface area contributed by atoms with Crippen molar-refractivity contribution in [2.24, 2.45) is 34.2 Å². The summed E-state index contributed by atoms with van der Waals surface area (Å²) in [6, 6.07) is 13.4. The maximum absolute atomic E-state index is 10.1. The maximum atomic E-state index is 10.1. The van der Waals surface area contributed by atoms with E-state index in [4.69, 9.17) is 0 Å². The summed E-state index contributed by atoms with van der Waals surface area (Å²) in [7, 11) is 0. The Morgan fingerprint density at radius 1 is 0.970 bits per heavy atom. The Bertz CT molecular complexity index is 1050. The monoisotopic (exact) mass is 461 g/mol. The molecule has 6 aliphatic rings. The van der Waals surface area contributed by atoms with Crippen LogP contribution in [0.5, 0.6) is 0 Å². The molecule has 5 heteroatoms. The van der Waals surface area contributed by atoms with Crippen molar-refractivity contribution in [3.8, 4) is 0 Å². The number of hydrogen-bond donors (Lipinski definition) is 1. The number of hydrogen-bond acceptors (Lipinski definition) is 5. The molecule has 4 bridgehead atoms. The van der Waals surface area contributed by atoms with Crippen molar-refractivity contribution in [2.45, 2.75) is 56.3 Å². The molecule has 4 aliphatic carbocycles. The van der Waals surface area contributed by atoms with Crippen molar-refractivity contribution in [1.82, 2.24) is 4.90 Å². The van der Waals surface area contributed by atoms with Crippen LogP contribution in [0.1, 0.15) is 51.4 Å². The summed E-state index contributed by atoms with van der Waals surface area (Å²) < 4.78 is 2.54. The smallest absolute Gasteiger partial charge is 0.0772 e. The van der Waals surface area contributed by atoms with Crippen LogP contribution >= 0.6 is 11.9 Å². The van der Waals surface area contributed by atoms with Gasteiger partial charge in [-0.2, -0.15) is 0 Å². The van der Waals surface area contributed by atoms with Crippen molar-refractivity contribution in [2.75, 3.05) is 30.5 Å². The van der Waals surface area contributed by atoms with E-state index in [9.17, 15) is 5.21 Å². The molecular formula is C28H35N3OS. The molecule has 174 valence electrons. The largest absolute Gasteiger partial charge is 0.411 e. The van der Waals surface area contributed by atoms with Crippen LogP contribution in [0.15, 0.2) is 46.4 Å². The molecule has 33 heavy (non-hydrogen) atoms. The molecule has 1 saturated heterocycles. The zero-order chi connectivity index (χ0) is 22.0. The number of rotatable bonds is 5. The predicted molar refractivity (Wildman–Crippen MR) is 136 cm³/mol. The lowest BCUT2D eigenvalue weighted by Gasteiger charge is -2.57. The Kier molecular flexibility index (Phi) is 4.95. The minimum absolute atomic E-state index is 0.219. The second kappa shape index (κ2) is 7.91. The summed E-state index contributed by atoms with van der Waals surface area (Å²) in [5.74, 6) is 3.41. The first-order valence-electron chi connectivity index (χ1n) is 13.1. The Hall–Kier alpha value is -1.72. The minimum Gasteiger partial charge on any atom is -0.411 e. The summed E-state index contributed by atoms with van der Waals surface area (Å²) in [4.78, 5) is 3.98. The summed E-state index contributed by atoms with van der Waals surface area (Å²) in [5.41, 5.74) is 2.74. The van der Waals surface area contributed by atoms with E-state index in [0.29, 0.717) is 0 Å². The van der Waals surface area contributed by atoms with Crippen molar-refractivity contribution in [1.29, 1.82) is 0 Å². The first-order valence-corrected chi connectivity index (χ1v) is 13.9. The molecule has 0 unspecified atom stereocenters. The molecule has 4 nitrogen and oxygen atoms in total. The van der Waals surface area contributed by atoms with E-state index in [1.54, 1.807) is 0 Å². The average molecular weight is 462 g/mol. The van der Waals surface area contributed by atoms with Crippen LogP contribution < -0.4 is 4.31 Å². The van der Waals surface area contributed by atoms with Gasteiger partial charge in [-0.3, -0.25) is 4.90 Å². The lowest BCUT2D eigenvalue weighted by Crippen LogP contribution is -2.53. The first-order chi connectivity index (χ1) is 16.2. The van der Waals surface area contributed by atoms with E-state index in [0.717, 1.165) is 55.6 Å². The topological polar surface area (TPSA) is 39.1 Å². The van der Waals surface area contributed by atoms with Gasteiger partial charge in [-0.25, -0.2) is 0 Å². The SMILES string of the molecule is O/N=C(\CN1CCC(CN2Sc3cccc4cccc2c34)CC1)C12CC3CC(CC(C3)C1)C2. The highest BCUT2D eigenvalue weighted by Gasteiger charge is 2.53. The van der Waals surface area contributed by atoms with Crippen LogP contribution in [0.3, 0.4) is 0 Å². The Labute approximate surface area is 201 Å². The molecule has 1 N–H and O–H groups in total. The van der Waals surface area contributed by atoms with Gasteiger partial charge in [-0.15, -0.1) is 0 Å². The summed E-state index contributed by atoms with van der Waals surface area (Å²) in [6.07, 6.45) is 10.7. The normalized spacial score (nSPS) is 34.0. The third kappa shape index (κ3) is 3.49. The summed E-state index contributed by atoms with van der Waals surface area (Å²) in [5, 5.41) is 16.8. The van der Waals surface area contributed by atoms with E-state index in [1.807, 2.05) is 11.9 Å². The van der Waals surface area contributed by atoms with Gasteiger partial charge in [0.1, 0.15) is 0 Å². The molecule has 2 aliphatic heterocycles. The van der Waals surface area contributed by atoms with Gasteiger partial charge in [0.25, 0.3) is 0 Å². The molecular weight excluding hydrogens is 426 g/mol. The Morgan fingerprint density at radius 3 is 2.30 bits per heavy atom. The number of nitrogens with zero attached hydrogens (tertiary/aromatic N) is 3. The maximum Gasteiger partial charge on any atom is 0.0772 e. The van der Waals surface area contributed by atoms with E-state index >= 15 is 0 Å². The fourth-order valence-corrected chi connectivity index (χ4v) is 9.64. The Balaban J connectivity index is 0.986. The number of likely N-dealkylation sites (tertiary alicyclic amines) is 1. The summed E-state index contributed by atoms with van der Waals surface area (Å²) >= 11 is 1.92. The standard InChI is InChI=1S/C28H35N3OS/c32-29-26(28-14-20-11-21(15-28)13-22(12-20)16-28)18-30-9-7-19(8-10-30)17-31-24-5-1-3-23-4-2-6-25(33-31)27(23)24/h1-6,19-22,32H,7-18H2/b29-26+. The summed E-state index contributed by atoms with van der Waals surface area (Å²) in [6.45, 7) is 4.28.